The monoisotopic (exact) mass is 387 g/mol. The average molecular weight is 387 g/mol. The number of anilines is 2. The summed E-state index contributed by atoms with van der Waals surface area (Å²) in [4.78, 5) is 8.38. The number of nitrogen functional groups attached to an aromatic ring is 1. The van der Waals surface area contributed by atoms with Crippen molar-refractivity contribution in [2.45, 2.75) is 25.0 Å². The van der Waals surface area contributed by atoms with Crippen LogP contribution in [0.15, 0.2) is 36.8 Å². The molecule has 1 aliphatic rings. The third-order valence-electron chi connectivity index (χ3n) is 4.84. The van der Waals surface area contributed by atoms with Crippen LogP contribution in [0.2, 0.25) is 0 Å². The van der Waals surface area contributed by atoms with Crippen molar-refractivity contribution in [2.75, 3.05) is 23.7 Å². The third kappa shape index (κ3) is 3.35. The molecule has 8 nitrogen and oxygen atoms in total. The maximum absolute atomic E-state index is 12.7. The second kappa shape index (κ2) is 6.82. The number of aryl methyl sites for hydroxylation is 1. The fourth-order valence-electron chi connectivity index (χ4n) is 3.33. The van der Waals surface area contributed by atoms with Crippen LogP contribution in [0.5, 0.6) is 0 Å². The molecule has 0 atom stereocenters. The molecule has 2 aromatic heterocycles. The molecule has 0 spiro atoms. The fourth-order valence-corrected chi connectivity index (χ4v) is 4.77. The second-order valence-electron chi connectivity index (χ2n) is 6.64. The second-order valence-corrected chi connectivity index (χ2v) is 8.60. The molecule has 1 aromatic carbocycles. The lowest BCUT2D eigenvalue weighted by Gasteiger charge is -2.23. The summed E-state index contributed by atoms with van der Waals surface area (Å²) in [5.41, 5.74) is 9.68. The van der Waals surface area contributed by atoms with E-state index in [0.29, 0.717) is 43.2 Å². The molecule has 3 aromatic rings. The van der Waals surface area contributed by atoms with Crippen LogP contribution in [0.3, 0.4) is 0 Å². The lowest BCUT2D eigenvalue weighted by Crippen LogP contribution is -2.33. The van der Waals surface area contributed by atoms with Crippen molar-refractivity contribution in [3.8, 4) is 11.3 Å². The van der Waals surface area contributed by atoms with Crippen LogP contribution in [0, 0.1) is 6.92 Å². The first-order chi connectivity index (χ1) is 13.0. The molecule has 1 saturated heterocycles. The Balaban J connectivity index is 1.70. The number of aromatic nitrogens is 3. The van der Waals surface area contributed by atoms with Crippen molar-refractivity contribution >= 4 is 27.2 Å². The summed E-state index contributed by atoms with van der Waals surface area (Å²) in [6, 6.07) is 5.49. The number of hydrogen-bond acceptors (Lipinski definition) is 6. The van der Waals surface area contributed by atoms with Gasteiger partial charge < -0.3 is 10.5 Å². The number of nitrogens with one attached hydrogen (secondary N) is 1. The van der Waals surface area contributed by atoms with E-state index in [1.807, 2.05) is 23.5 Å². The number of rotatable bonds is 4. The zero-order valence-corrected chi connectivity index (χ0v) is 15.7. The molecule has 142 valence electrons. The summed E-state index contributed by atoms with van der Waals surface area (Å²) < 4.78 is 35.2. The zero-order chi connectivity index (χ0) is 19.0. The molecule has 27 heavy (non-hydrogen) atoms. The van der Waals surface area contributed by atoms with Crippen molar-refractivity contribution in [2.24, 2.45) is 0 Å². The summed E-state index contributed by atoms with van der Waals surface area (Å²) in [6.45, 7) is 2.92. The third-order valence-corrected chi connectivity index (χ3v) is 6.71. The molecular weight excluding hydrogens is 366 g/mol. The number of nitrogens with two attached hydrogens (primary N) is 1. The molecular formula is C18H21N5O3S. The van der Waals surface area contributed by atoms with E-state index in [2.05, 4.69) is 14.7 Å². The number of sulfonamides is 1. The lowest BCUT2D eigenvalue weighted by molar-refractivity contribution is 0.0984. The molecule has 1 fully saturated rings. The molecule has 3 heterocycles. The van der Waals surface area contributed by atoms with Gasteiger partial charge in [0.2, 0.25) is 10.0 Å². The van der Waals surface area contributed by atoms with Crippen molar-refractivity contribution in [1.82, 2.24) is 14.4 Å². The van der Waals surface area contributed by atoms with Crippen LogP contribution in [0.25, 0.3) is 16.9 Å². The average Bonchev–Trinajstić information content (AvgIpc) is 3.09. The van der Waals surface area contributed by atoms with Crippen LogP contribution < -0.4 is 10.5 Å². The first-order valence-electron chi connectivity index (χ1n) is 8.73. The van der Waals surface area contributed by atoms with Gasteiger partial charge in [-0.1, -0.05) is 6.07 Å². The van der Waals surface area contributed by atoms with Crippen molar-refractivity contribution < 1.29 is 13.2 Å². The Morgan fingerprint density at radius 1 is 1.26 bits per heavy atom. The van der Waals surface area contributed by atoms with Crippen LogP contribution in [0.1, 0.15) is 18.4 Å². The Labute approximate surface area is 157 Å². The van der Waals surface area contributed by atoms with E-state index in [0.717, 1.165) is 16.8 Å². The maximum Gasteiger partial charge on any atom is 0.235 e. The number of ether oxygens (including phenoxy) is 1. The van der Waals surface area contributed by atoms with Crippen LogP contribution in [-0.4, -0.2) is 41.3 Å². The van der Waals surface area contributed by atoms with E-state index in [9.17, 15) is 8.42 Å². The Morgan fingerprint density at radius 2 is 2.04 bits per heavy atom. The van der Waals surface area contributed by atoms with Gasteiger partial charge in [0.05, 0.1) is 17.1 Å². The van der Waals surface area contributed by atoms with E-state index >= 15 is 0 Å². The summed E-state index contributed by atoms with van der Waals surface area (Å²) in [6.07, 6.45) is 6.13. The topological polar surface area (TPSA) is 112 Å². The molecule has 0 aliphatic carbocycles. The van der Waals surface area contributed by atoms with E-state index in [-0.39, 0.29) is 0 Å². The highest BCUT2D eigenvalue weighted by Crippen LogP contribution is 2.29. The molecule has 4 rings (SSSR count). The highest BCUT2D eigenvalue weighted by Gasteiger charge is 2.27. The standard InChI is InChI=1S/C18H21N5O3S/c1-12-2-3-13(22-27(24,25)14-4-8-26-9-5-14)10-15(12)16-11-21-18-17(19)20-6-7-23(16)18/h2-3,6-7,10-11,14,22H,4-5,8-9H2,1H3,(H2,19,20). The van der Waals surface area contributed by atoms with Gasteiger partial charge in [0.1, 0.15) is 0 Å². The minimum Gasteiger partial charge on any atom is -0.381 e. The van der Waals surface area contributed by atoms with Crippen molar-refractivity contribution in [3.63, 3.8) is 0 Å². The fraction of sp³-hybridized carbons (Fsp3) is 0.333. The zero-order valence-electron chi connectivity index (χ0n) is 14.9. The number of benzene rings is 1. The molecule has 1 aliphatic heterocycles. The Bertz CT molecular complexity index is 1090. The van der Waals surface area contributed by atoms with Gasteiger partial charge in [-0.3, -0.25) is 9.12 Å². The Morgan fingerprint density at radius 3 is 2.81 bits per heavy atom. The highest BCUT2D eigenvalue weighted by molar-refractivity contribution is 7.93. The van der Waals surface area contributed by atoms with Gasteiger partial charge in [-0.05, 0) is 37.5 Å². The van der Waals surface area contributed by atoms with Gasteiger partial charge in [0.25, 0.3) is 0 Å². The Hall–Kier alpha value is -2.65. The van der Waals surface area contributed by atoms with Crippen molar-refractivity contribution in [1.29, 1.82) is 0 Å². The van der Waals surface area contributed by atoms with Crippen molar-refractivity contribution in [3.05, 3.63) is 42.4 Å². The van der Waals surface area contributed by atoms with Gasteiger partial charge in [-0.15, -0.1) is 0 Å². The normalized spacial score (nSPS) is 15.9. The van der Waals surface area contributed by atoms with E-state index in [1.165, 1.54) is 0 Å². The molecule has 3 N–H and O–H groups in total. The van der Waals surface area contributed by atoms with Crippen LogP contribution in [-0.2, 0) is 14.8 Å². The summed E-state index contributed by atoms with van der Waals surface area (Å²) >= 11 is 0. The van der Waals surface area contributed by atoms with Gasteiger partial charge in [0.15, 0.2) is 11.5 Å². The quantitative estimate of drug-likeness (QED) is 0.710. The number of hydrogen-bond donors (Lipinski definition) is 2. The van der Waals surface area contributed by atoms with Crippen LogP contribution in [0.4, 0.5) is 11.5 Å². The highest BCUT2D eigenvalue weighted by atomic mass is 32.2. The first kappa shape index (κ1) is 17.7. The van der Waals surface area contributed by atoms with E-state index in [1.54, 1.807) is 24.7 Å². The lowest BCUT2D eigenvalue weighted by atomic mass is 10.1. The van der Waals surface area contributed by atoms with E-state index < -0.39 is 15.3 Å². The maximum atomic E-state index is 12.7. The largest absolute Gasteiger partial charge is 0.381 e. The van der Waals surface area contributed by atoms with Gasteiger partial charge in [-0.2, -0.15) is 0 Å². The molecule has 0 radical (unpaired) electrons. The molecule has 0 saturated carbocycles. The number of nitrogens with zero attached hydrogens (tertiary/aromatic N) is 3. The molecule has 0 bridgehead atoms. The number of fused-ring (bicyclic) bond motifs is 1. The predicted octanol–water partition coefficient (Wildman–Crippen LogP) is 2.21. The SMILES string of the molecule is Cc1ccc(NS(=O)(=O)C2CCOCC2)cc1-c1cnc2c(N)nccn12. The minimum absolute atomic E-state index is 0.345. The van der Waals surface area contributed by atoms with E-state index in [4.69, 9.17) is 10.5 Å². The summed E-state index contributed by atoms with van der Waals surface area (Å²) in [5.74, 6) is 0.345. The number of imidazole rings is 1. The summed E-state index contributed by atoms with van der Waals surface area (Å²) in [7, 11) is -3.47. The molecule has 0 amide bonds. The first-order valence-corrected chi connectivity index (χ1v) is 10.3. The Kier molecular flexibility index (Phi) is 4.48. The molecule has 9 heteroatoms. The summed E-state index contributed by atoms with van der Waals surface area (Å²) in [5, 5.41) is -0.433. The minimum atomic E-state index is -3.47. The smallest absolute Gasteiger partial charge is 0.235 e. The van der Waals surface area contributed by atoms with Gasteiger partial charge >= 0.3 is 0 Å². The predicted molar refractivity (Wildman–Crippen MR) is 104 cm³/mol. The van der Waals surface area contributed by atoms with Gasteiger partial charge in [0, 0.05) is 36.9 Å². The van der Waals surface area contributed by atoms with Gasteiger partial charge in [-0.25, -0.2) is 18.4 Å². The molecule has 0 unspecified atom stereocenters. The van der Waals surface area contributed by atoms with Crippen LogP contribution >= 0.6 is 0 Å².